The molecule has 0 radical (unpaired) electrons. The van der Waals surface area contributed by atoms with Gasteiger partial charge in [0.1, 0.15) is 0 Å². The third-order valence-corrected chi connectivity index (χ3v) is 3.06. The minimum absolute atomic E-state index is 0.444. The molecule has 0 fully saturated rings. The fourth-order valence-corrected chi connectivity index (χ4v) is 2.05. The standard InChI is InChI=1S/C13H29N/c1-7-8-12(2,3)9-10-13(4,5)11-14-6/h14H,7-11H2,1-6H3. The second kappa shape index (κ2) is 5.75. The Labute approximate surface area is 90.7 Å². The molecule has 14 heavy (non-hydrogen) atoms. The van der Waals surface area contributed by atoms with Gasteiger partial charge in [0.25, 0.3) is 0 Å². The Morgan fingerprint density at radius 1 is 0.857 bits per heavy atom. The fraction of sp³-hybridized carbons (Fsp3) is 1.00. The highest BCUT2D eigenvalue weighted by Gasteiger charge is 2.23. The summed E-state index contributed by atoms with van der Waals surface area (Å²) in [4.78, 5) is 0. The minimum atomic E-state index is 0.444. The first-order valence-corrected chi connectivity index (χ1v) is 5.97. The van der Waals surface area contributed by atoms with E-state index < -0.39 is 0 Å². The van der Waals surface area contributed by atoms with Crippen LogP contribution in [0, 0.1) is 10.8 Å². The van der Waals surface area contributed by atoms with Crippen LogP contribution in [0.3, 0.4) is 0 Å². The zero-order valence-corrected chi connectivity index (χ0v) is 11.0. The first-order chi connectivity index (χ1) is 6.33. The van der Waals surface area contributed by atoms with E-state index in [0.717, 1.165) is 6.54 Å². The second-order valence-corrected chi connectivity index (χ2v) is 6.11. The summed E-state index contributed by atoms with van der Waals surface area (Å²) >= 11 is 0. The first kappa shape index (κ1) is 14.0. The van der Waals surface area contributed by atoms with E-state index in [4.69, 9.17) is 0 Å². The quantitative estimate of drug-likeness (QED) is 0.657. The van der Waals surface area contributed by atoms with Crippen molar-refractivity contribution in [3.05, 3.63) is 0 Å². The van der Waals surface area contributed by atoms with Crippen molar-refractivity contribution >= 4 is 0 Å². The number of hydrogen-bond acceptors (Lipinski definition) is 1. The predicted molar refractivity (Wildman–Crippen MR) is 65.6 cm³/mol. The van der Waals surface area contributed by atoms with Crippen LogP contribution in [0.1, 0.15) is 60.3 Å². The van der Waals surface area contributed by atoms with E-state index in [-0.39, 0.29) is 0 Å². The van der Waals surface area contributed by atoms with Crippen LogP contribution in [0.5, 0.6) is 0 Å². The van der Waals surface area contributed by atoms with Crippen LogP contribution in [0.15, 0.2) is 0 Å². The van der Waals surface area contributed by atoms with Crippen molar-refractivity contribution in [1.29, 1.82) is 0 Å². The van der Waals surface area contributed by atoms with Crippen molar-refractivity contribution in [2.75, 3.05) is 13.6 Å². The van der Waals surface area contributed by atoms with Crippen LogP contribution >= 0.6 is 0 Å². The predicted octanol–water partition coefficient (Wildman–Crippen LogP) is 3.84. The van der Waals surface area contributed by atoms with Crippen LogP contribution in [-0.2, 0) is 0 Å². The third-order valence-electron chi connectivity index (χ3n) is 3.06. The van der Waals surface area contributed by atoms with E-state index in [1.54, 1.807) is 0 Å². The van der Waals surface area contributed by atoms with Gasteiger partial charge >= 0.3 is 0 Å². The monoisotopic (exact) mass is 199 g/mol. The normalized spacial score (nSPS) is 13.3. The van der Waals surface area contributed by atoms with Gasteiger partial charge in [0.15, 0.2) is 0 Å². The van der Waals surface area contributed by atoms with Crippen LogP contribution < -0.4 is 5.32 Å². The third kappa shape index (κ3) is 6.42. The Hall–Kier alpha value is -0.0400. The van der Waals surface area contributed by atoms with Crippen LogP contribution in [0.25, 0.3) is 0 Å². The average Bonchev–Trinajstić information content (AvgIpc) is 2.01. The van der Waals surface area contributed by atoms with Crippen molar-refractivity contribution < 1.29 is 0 Å². The van der Waals surface area contributed by atoms with Gasteiger partial charge in [-0.3, -0.25) is 0 Å². The Bertz CT molecular complexity index is 129. The lowest BCUT2D eigenvalue weighted by atomic mass is 9.77. The van der Waals surface area contributed by atoms with Gasteiger partial charge in [-0.25, -0.2) is 0 Å². The summed E-state index contributed by atoms with van der Waals surface area (Å²) in [7, 11) is 2.04. The van der Waals surface area contributed by atoms with Gasteiger partial charge in [0, 0.05) is 0 Å². The molecule has 0 saturated carbocycles. The van der Waals surface area contributed by atoms with Crippen molar-refractivity contribution in [2.24, 2.45) is 10.8 Å². The van der Waals surface area contributed by atoms with E-state index in [0.29, 0.717) is 10.8 Å². The van der Waals surface area contributed by atoms with Crippen LogP contribution in [0.2, 0.25) is 0 Å². The molecule has 0 bridgehead atoms. The zero-order valence-electron chi connectivity index (χ0n) is 11.0. The van der Waals surface area contributed by atoms with Gasteiger partial charge in [-0.1, -0.05) is 41.0 Å². The molecule has 1 heteroatoms. The molecule has 0 aliphatic rings. The topological polar surface area (TPSA) is 12.0 Å². The summed E-state index contributed by atoms with van der Waals surface area (Å²) in [5.41, 5.74) is 0.972. The van der Waals surface area contributed by atoms with Crippen molar-refractivity contribution in [1.82, 2.24) is 5.32 Å². The average molecular weight is 199 g/mol. The molecule has 0 aromatic rings. The largest absolute Gasteiger partial charge is 0.319 e. The highest BCUT2D eigenvalue weighted by atomic mass is 14.8. The molecular formula is C13H29N. The number of rotatable bonds is 7. The Balaban J connectivity index is 3.90. The van der Waals surface area contributed by atoms with Gasteiger partial charge in [-0.15, -0.1) is 0 Å². The van der Waals surface area contributed by atoms with Crippen LogP contribution in [0.4, 0.5) is 0 Å². The van der Waals surface area contributed by atoms with Gasteiger partial charge in [-0.2, -0.15) is 0 Å². The minimum Gasteiger partial charge on any atom is -0.319 e. The fourth-order valence-electron chi connectivity index (χ4n) is 2.05. The van der Waals surface area contributed by atoms with Crippen molar-refractivity contribution in [3.63, 3.8) is 0 Å². The number of nitrogens with one attached hydrogen (secondary N) is 1. The maximum Gasteiger partial charge on any atom is -0.0000484 e. The molecule has 0 amide bonds. The first-order valence-electron chi connectivity index (χ1n) is 5.97. The molecule has 0 saturated heterocycles. The van der Waals surface area contributed by atoms with E-state index >= 15 is 0 Å². The molecule has 0 aromatic carbocycles. The van der Waals surface area contributed by atoms with Gasteiger partial charge in [0.2, 0.25) is 0 Å². The highest BCUT2D eigenvalue weighted by Crippen LogP contribution is 2.33. The molecule has 0 heterocycles. The molecule has 0 aliphatic carbocycles. The SMILES string of the molecule is CCCC(C)(C)CCC(C)(C)CNC. The molecule has 0 rings (SSSR count). The molecule has 0 aliphatic heterocycles. The van der Waals surface area contributed by atoms with Crippen LogP contribution in [-0.4, -0.2) is 13.6 Å². The lowest BCUT2D eigenvalue weighted by Gasteiger charge is -2.31. The smallest absolute Gasteiger partial charge is 0.0000484 e. The lowest BCUT2D eigenvalue weighted by molar-refractivity contribution is 0.223. The Kier molecular flexibility index (Phi) is 5.73. The lowest BCUT2D eigenvalue weighted by Crippen LogP contribution is -2.28. The second-order valence-electron chi connectivity index (χ2n) is 6.11. The molecule has 1 nitrogen and oxygen atoms in total. The van der Waals surface area contributed by atoms with E-state index in [1.165, 1.54) is 25.7 Å². The Morgan fingerprint density at radius 3 is 1.79 bits per heavy atom. The van der Waals surface area contributed by atoms with Gasteiger partial charge in [-0.05, 0) is 43.7 Å². The van der Waals surface area contributed by atoms with E-state index in [2.05, 4.69) is 39.9 Å². The summed E-state index contributed by atoms with van der Waals surface area (Å²) in [6.07, 6.45) is 5.32. The number of hydrogen-bond donors (Lipinski definition) is 1. The van der Waals surface area contributed by atoms with Gasteiger partial charge in [0.05, 0.1) is 0 Å². The maximum atomic E-state index is 3.28. The van der Waals surface area contributed by atoms with E-state index in [1.807, 2.05) is 7.05 Å². The summed E-state index contributed by atoms with van der Waals surface area (Å²) in [6.45, 7) is 12.9. The molecule has 0 atom stereocenters. The molecule has 0 spiro atoms. The molecular weight excluding hydrogens is 170 g/mol. The Morgan fingerprint density at radius 2 is 1.36 bits per heavy atom. The molecule has 0 unspecified atom stereocenters. The van der Waals surface area contributed by atoms with Crippen molar-refractivity contribution in [3.8, 4) is 0 Å². The molecule has 1 N–H and O–H groups in total. The summed E-state index contributed by atoms with van der Waals surface area (Å²) in [6, 6.07) is 0. The molecule has 0 aromatic heterocycles. The summed E-state index contributed by atoms with van der Waals surface area (Å²) < 4.78 is 0. The van der Waals surface area contributed by atoms with Gasteiger partial charge < -0.3 is 5.32 Å². The highest BCUT2D eigenvalue weighted by molar-refractivity contribution is 4.76. The molecule has 86 valence electrons. The summed E-state index contributed by atoms with van der Waals surface area (Å²) in [5, 5.41) is 3.28. The van der Waals surface area contributed by atoms with E-state index in [9.17, 15) is 0 Å². The maximum absolute atomic E-state index is 3.28. The summed E-state index contributed by atoms with van der Waals surface area (Å²) in [5.74, 6) is 0. The van der Waals surface area contributed by atoms with Crippen molar-refractivity contribution in [2.45, 2.75) is 60.3 Å². The zero-order chi connectivity index (χ0) is 11.2.